The molecule has 0 spiro atoms. The molecular weight excluding hydrogens is 157 g/mol. The first-order chi connectivity index (χ1) is 4.41. The van der Waals surface area contributed by atoms with Gasteiger partial charge in [-0.25, -0.2) is 0 Å². The van der Waals surface area contributed by atoms with Crippen LogP contribution in [-0.4, -0.2) is 24.8 Å². The molecule has 0 atom stereocenters. The Balaban J connectivity index is 2.60. The van der Waals surface area contributed by atoms with E-state index in [0.717, 1.165) is 31.8 Å². The topological polar surface area (TPSA) is 12.0 Å². The molecule has 0 saturated heterocycles. The van der Waals surface area contributed by atoms with Crippen molar-refractivity contribution in [2.45, 2.75) is 12.8 Å². The lowest BCUT2D eigenvalue weighted by molar-refractivity contribution is 0.667. The van der Waals surface area contributed by atoms with Gasteiger partial charge in [0, 0.05) is 18.3 Å². The maximum Gasteiger partial charge on any atom is 0.0348 e. The molecule has 0 fully saturated rings. The van der Waals surface area contributed by atoms with E-state index in [9.17, 15) is 0 Å². The van der Waals surface area contributed by atoms with Gasteiger partial charge in [0.1, 0.15) is 0 Å². The van der Waals surface area contributed by atoms with E-state index in [1.54, 1.807) is 0 Å². The summed E-state index contributed by atoms with van der Waals surface area (Å²) in [5.41, 5.74) is 0. The molecule has 0 saturated carbocycles. The fourth-order valence-corrected chi connectivity index (χ4v) is 0.859. The summed E-state index contributed by atoms with van der Waals surface area (Å²) in [6.07, 6.45) is 2.25. The normalized spacial score (nSPS) is 10.0. The predicted octanol–water partition coefficient (Wildman–Crippen LogP) is 1.83. The standard InChI is InChI=1S/C6H13Cl2N/c7-3-1-2-5-9-6-4-8/h9H,1-6H2. The molecule has 1 N–H and O–H groups in total. The molecule has 0 aliphatic heterocycles. The first-order valence-electron chi connectivity index (χ1n) is 3.24. The molecule has 56 valence electrons. The summed E-state index contributed by atoms with van der Waals surface area (Å²) in [7, 11) is 0. The van der Waals surface area contributed by atoms with E-state index >= 15 is 0 Å². The van der Waals surface area contributed by atoms with E-state index in [0.29, 0.717) is 5.88 Å². The third-order valence-corrected chi connectivity index (χ3v) is 1.46. The fraction of sp³-hybridized carbons (Fsp3) is 1.00. The minimum absolute atomic E-state index is 0.695. The molecule has 0 rings (SSSR count). The Kier molecular flexibility index (Phi) is 9.05. The number of nitrogens with one attached hydrogen (secondary N) is 1. The van der Waals surface area contributed by atoms with Crippen molar-refractivity contribution in [2.24, 2.45) is 0 Å². The number of unbranched alkanes of at least 4 members (excludes halogenated alkanes) is 1. The highest BCUT2D eigenvalue weighted by Gasteiger charge is 1.84. The molecule has 0 unspecified atom stereocenters. The van der Waals surface area contributed by atoms with Gasteiger partial charge in [0.05, 0.1) is 0 Å². The highest BCUT2D eigenvalue weighted by Crippen LogP contribution is 1.88. The zero-order valence-corrected chi connectivity index (χ0v) is 7.01. The summed E-state index contributed by atoms with van der Waals surface area (Å²) in [6, 6.07) is 0. The van der Waals surface area contributed by atoms with Crippen LogP contribution in [0, 0.1) is 0 Å². The molecule has 0 radical (unpaired) electrons. The van der Waals surface area contributed by atoms with Crippen LogP contribution >= 0.6 is 23.2 Å². The summed E-state index contributed by atoms with van der Waals surface area (Å²) in [6.45, 7) is 1.95. The minimum atomic E-state index is 0.695. The highest BCUT2D eigenvalue weighted by atomic mass is 35.5. The van der Waals surface area contributed by atoms with Crippen LogP contribution in [0.2, 0.25) is 0 Å². The first kappa shape index (κ1) is 9.54. The van der Waals surface area contributed by atoms with Crippen LogP contribution in [0.15, 0.2) is 0 Å². The highest BCUT2D eigenvalue weighted by molar-refractivity contribution is 6.18. The third-order valence-electron chi connectivity index (χ3n) is 1.01. The molecule has 0 aliphatic carbocycles. The van der Waals surface area contributed by atoms with Crippen molar-refractivity contribution in [3.8, 4) is 0 Å². The lowest BCUT2D eigenvalue weighted by atomic mass is 10.3. The largest absolute Gasteiger partial charge is 0.316 e. The van der Waals surface area contributed by atoms with Gasteiger partial charge in [-0.3, -0.25) is 0 Å². The van der Waals surface area contributed by atoms with Crippen LogP contribution in [0.4, 0.5) is 0 Å². The number of hydrogen-bond donors (Lipinski definition) is 1. The van der Waals surface area contributed by atoms with Gasteiger partial charge >= 0.3 is 0 Å². The summed E-state index contributed by atoms with van der Waals surface area (Å²) in [4.78, 5) is 0. The van der Waals surface area contributed by atoms with E-state index < -0.39 is 0 Å². The van der Waals surface area contributed by atoms with E-state index in [4.69, 9.17) is 23.2 Å². The summed E-state index contributed by atoms with van der Waals surface area (Å²) in [5.74, 6) is 1.46. The Bertz CT molecular complexity index is 44.3. The van der Waals surface area contributed by atoms with Gasteiger partial charge in [-0.2, -0.15) is 0 Å². The van der Waals surface area contributed by atoms with Crippen molar-refractivity contribution in [2.75, 3.05) is 24.8 Å². The average molecular weight is 170 g/mol. The molecule has 0 aromatic carbocycles. The van der Waals surface area contributed by atoms with Gasteiger partial charge in [-0.15, -0.1) is 23.2 Å². The van der Waals surface area contributed by atoms with Gasteiger partial charge in [-0.1, -0.05) is 0 Å². The molecule has 1 nitrogen and oxygen atoms in total. The first-order valence-corrected chi connectivity index (χ1v) is 4.31. The molecule has 0 heterocycles. The quantitative estimate of drug-likeness (QED) is 0.473. The van der Waals surface area contributed by atoms with Gasteiger partial charge in [-0.05, 0) is 19.4 Å². The third kappa shape index (κ3) is 8.54. The Morgan fingerprint density at radius 2 is 1.67 bits per heavy atom. The van der Waals surface area contributed by atoms with Crippen LogP contribution in [0.5, 0.6) is 0 Å². The van der Waals surface area contributed by atoms with Crippen LogP contribution in [0.1, 0.15) is 12.8 Å². The average Bonchev–Trinajstić information content (AvgIpc) is 1.89. The van der Waals surface area contributed by atoms with Crippen molar-refractivity contribution in [1.29, 1.82) is 0 Å². The van der Waals surface area contributed by atoms with Crippen LogP contribution < -0.4 is 5.32 Å². The number of rotatable bonds is 6. The van der Waals surface area contributed by atoms with Gasteiger partial charge < -0.3 is 5.32 Å². The summed E-state index contributed by atoms with van der Waals surface area (Å²) < 4.78 is 0. The van der Waals surface area contributed by atoms with Crippen molar-refractivity contribution in [1.82, 2.24) is 5.32 Å². The number of hydrogen-bond acceptors (Lipinski definition) is 1. The monoisotopic (exact) mass is 169 g/mol. The Labute approximate surface area is 66.7 Å². The molecular formula is C6H13Cl2N. The smallest absolute Gasteiger partial charge is 0.0348 e. The van der Waals surface area contributed by atoms with Crippen molar-refractivity contribution < 1.29 is 0 Å². The second-order valence-electron chi connectivity index (χ2n) is 1.84. The van der Waals surface area contributed by atoms with Crippen molar-refractivity contribution in [3.63, 3.8) is 0 Å². The van der Waals surface area contributed by atoms with E-state index in [1.807, 2.05) is 0 Å². The van der Waals surface area contributed by atoms with Crippen LogP contribution in [0.25, 0.3) is 0 Å². The zero-order chi connectivity index (χ0) is 6.95. The van der Waals surface area contributed by atoms with Gasteiger partial charge in [0.25, 0.3) is 0 Å². The summed E-state index contributed by atoms with van der Waals surface area (Å²) in [5, 5.41) is 3.18. The fourth-order valence-electron chi connectivity index (χ4n) is 0.536. The Morgan fingerprint density at radius 1 is 0.889 bits per heavy atom. The summed E-state index contributed by atoms with van der Waals surface area (Å²) >= 11 is 10.9. The second-order valence-corrected chi connectivity index (χ2v) is 2.59. The molecule has 0 aromatic rings. The molecule has 0 amide bonds. The lowest BCUT2D eigenvalue weighted by Crippen LogP contribution is -2.17. The molecule has 0 bridgehead atoms. The maximum absolute atomic E-state index is 5.46. The second kappa shape index (κ2) is 8.54. The Hall–Kier alpha value is 0.540. The molecule has 9 heavy (non-hydrogen) atoms. The van der Waals surface area contributed by atoms with Crippen molar-refractivity contribution in [3.05, 3.63) is 0 Å². The molecule has 3 heteroatoms. The van der Waals surface area contributed by atoms with E-state index in [-0.39, 0.29) is 0 Å². The number of alkyl halides is 2. The molecule has 0 aliphatic rings. The Morgan fingerprint density at radius 3 is 2.22 bits per heavy atom. The zero-order valence-electron chi connectivity index (χ0n) is 5.50. The van der Waals surface area contributed by atoms with Crippen LogP contribution in [-0.2, 0) is 0 Å². The van der Waals surface area contributed by atoms with E-state index in [1.165, 1.54) is 0 Å². The number of halogens is 2. The maximum atomic E-state index is 5.46. The molecule has 0 aromatic heterocycles. The van der Waals surface area contributed by atoms with Crippen LogP contribution in [0.3, 0.4) is 0 Å². The van der Waals surface area contributed by atoms with Gasteiger partial charge in [0.15, 0.2) is 0 Å². The lowest BCUT2D eigenvalue weighted by Gasteiger charge is -1.98. The SMILES string of the molecule is ClCCCCNCCCl. The predicted molar refractivity (Wildman–Crippen MR) is 43.5 cm³/mol. The van der Waals surface area contributed by atoms with Gasteiger partial charge in [0.2, 0.25) is 0 Å². The minimum Gasteiger partial charge on any atom is -0.316 e. The van der Waals surface area contributed by atoms with E-state index in [2.05, 4.69) is 5.32 Å². The van der Waals surface area contributed by atoms with Crippen molar-refractivity contribution >= 4 is 23.2 Å².